The monoisotopic (exact) mass is 324 g/mol. The van der Waals surface area contributed by atoms with Crippen molar-refractivity contribution >= 4 is 17.9 Å². The number of carbonyl (C=O) groups excluding carboxylic acids is 2. The molecule has 5 heteroatoms. The normalized spacial score (nSPS) is 19.2. The van der Waals surface area contributed by atoms with Crippen molar-refractivity contribution < 1.29 is 14.0 Å². The highest BCUT2D eigenvalue weighted by atomic mass is 16.3. The van der Waals surface area contributed by atoms with Crippen molar-refractivity contribution in [1.29, 1.82) is 0 Å². The summed E-state index contributed by atoms with van der Waals surface area (Å²) in [6, 6.07) is 13.1. The van der Waals surface area contributed by atoms with Gasteiger partial charge in [-0.25, -0.2) is 0 Å². The van der Waals surface area contributed by atoms with Gasteiger partial charge < -0.3 is 4.42 Å². The van der Waals surface area contributed by atoms with Gasteiger partial charge in [0.05, 0.1) is 6.42 Å². The molecule has 5 nitrogen and oxygen atoms in total. The number of hydrazine groups is 1. The van der Waals surface area contributed by atoms with Gasteiger partial charge in [-0.3, -0.25) is 20.4 Å². The summed E-state index contributed by atoms with van der Waals surface area (Å²) in [5.74, 6) is 2.11. The number of furan rings is 1. The molecule has 1 heterocycles. The Bertz CT molecular complexity index is 749. The van der Waals surface area contributed by atoms with Crippen LogP contribution in [-0.2, 0) is 16.0 Å². The van der Waals surface area contributed by atoms with Gasteiger partial charge in [-0.15, -0.1) is 0 Å². The van der Waals surface area contributed by atoms with Crippen molar-refractivity contribution in [3.63, 3.8) is 0 Å². The summed E-state index contributed by atoms with van der Waals surface area (Å²) < 4.78 is 5.68. The Morgan fingerprint density at radius 3 is 2.62 bits per heavy atom. The van der Waals surface area contributed by atoms with E-state index in [9.17, 15) is 9.59 Å². The molecule has 3 rings (SSSR count). The van der Waals surface area contributed by atoms with Crippen LogP contribution in [0.4, 0.5) is 0 Å². The Morgan fingerprint density at radius 2 is 1.92 bits per heavy atom. The van der Waals surface area contributed by atoms with Crippen molar-refractivity contribution in [2.45, 2.75) is 25.7 Å². The molecule has 2 amide bonds. The van der Waals surface area contributed by atoms with E-state index >= 15 is 0 Å². The second-order valence-electron chi connectivity index (χ2n) is 6.09. The molecule has 2 unspecified atom stereocenters. The van der Waals surface area contributed by atoms with Crippen LogP contribution in [-0.4, -0.2) is 11.8 Å². The fourth-order valence-corrected chi connectivity index (χ4v) is 2.53. The number of benzene rings is 1. The summed E-state index contributed by atoms with van der Waals surface area (Å²) >= 11 is 0. The van der Waals surface area contributed by atoms with Crippen LogP contribution in [0.5, 0.6) is 0 Å². The lowest BCUT2D eigenvalue weighted by Gasteiger charge is -2.05. The summed E-state index contributed by atoms with van der Waals surface area (Å²) in [6.45, 7) is 2.19. The van der Waals surface area contributed by atoms with E-state index in [0.29, 0.717) is 17.6 Å². The smallest absolute Gasteiger partial charge is 0.262 e. The first-order valence-corrected chi connectivity index (χ1v) is 8.02. The molecule has 2 aromatic rings. The van der Waals surface area contributed by atoms with E-state index in [1.54, 1.807) is 6.08 Å². The first kappa shape index (κ1) is 16.1. The molecule has 1 fully saturated rings. The summed E-state index contributed by atoms with van der Waals surface area (Å²) in [4.78, 5) is 23.5. The van der Waals surface area contributed by atoms with Crippen LogP contribution in [0.3, 0.4) is 0 Å². The van der Waals surface area contributed by atoms with Crippen LogP contribution in [0.15, 0.2) is 53.0 Å². The lowest BCUT2D eigenvalue weighted by molar-refractivity contribution is -0.126. The summed E-state index contributed by atoms with van der Waals surface area (Å²) in [7, 11) is 0. The Morgan fingerprint density at radius 1 is 1.17 bits per heavy atom. The number of hydrogen-bond acceptors (Lipinski definition) is 3. The Labute approximate surface area is 140 Å². The number of nitrogens with one attached hydrogen (secondary N) is 2. The molecule has 1 saturated carbocycles. The predicted octanol–water partition coefficient (Wildman–Crippen LogP) is 2.81. The molecule has 124 valence electrons. The number of carbonyl (C=O) groups is 2. The second-order valence-corrected chi connectivity index (χ2v) is 6.09. The summed E-state index contributed by atoms with van der Waals surface area (Å²) in [5.41, 5.74) is 5.63. The maximum absolute atomic E-state index is 11.7. The molecule has 0 bridgehead atoms. The fraction of sp³-hybridized carbons (Fsp3) is 0.263. The molecule has 0 saturated heterocycles. The average molecular weight is 324 g/mol. The van der Waals surface area contributed by atoms with Crippen molar-refractivity contribution in [1.82, 2.24) is 10.9 Å². The Kier molecular flexibility index (Phi) is 4.79. The maximum atomic E-state index is 11.7. The van der Waals surface area contributed by atoms with Crippen LogP contribution in [0.2, 0.25) is 0 Å². The number of rotatable bonds is 5. The molecule has 24 heavy (non-hydrogen) atoms. The zero-order valence-corrected chi connectivity index (χ0v) is 13.5. The molecule has 0 spiro atoms. The second kappa shape index (κ2) is 7.17. The van der Waals surface area contributed by atoms with Gasteiger partial charge in [-0.2, -0.15) is 0 Å². The third-order valence-corrected chi connectivity index (χ3v) is 4.05. The van der Waals surface area contributed by atoms with Crippen molar-refractivity contribution in [2.24, 2.45) is 5.92 Å². The molecule has 1 aliphatic carbocycles. The highest BCUT2D eigenvalue weighted by Gasteiger charge is 2.36. The van der Waals surface area contributed by atoms with Gasteiger partial charge in [0, 0.05) is 12.0 Å². The first-order valence-electron chi connectivity index (χ1n) is 8.02. The standard InChI is InChI=1S/C19H20N2O3/c1-13-11-16(13)17-9-7-15(24-17)8-10-18(22)20-21-19(23)12-14-5-3-2-4-6-14/h2-10,13,16H,11-12H2,1H3,(H,20,22)(H,21,23). The maximum Gasteiger partial charge on any atom is 0.262 e. The van der Waals surface area contributed by atoms with E-state index in [2.05, 4.69) is 17.8 Å². The molecule has 0 aliphatic heterocycles. The molecule has 1 aromatic carbocycles. The minimum Gasteiger partial charge on any atom is -0.461 e. The van der Waals surface area contributed by atoms with Gasteiger partial charge in [0.15, 0.2) is 0 Å². The highest BCUT2D eigenvalue weighted by molar-refractivity contribution is 5.93. The zero-order valence-electron chi connectivity index (χ0n) is 13.5. The molecular weight excluding hydrogens is 304 g/mol. The highest BCUT2D eigenvalue weighted by Crippen LogP contribution is 2.47. The minimum absolute atomic E-state index is 0.214. The lowest BCUT2D eigenvalue weighted by atomic mass is 10.1. The predicted molar refractivity (Wildman–Crippen MR) is 90.7 cm³/mol. The van der Waals surface area contributed by atoms with E-state index in [0.717, 1.165) is 17.7 Å². The van der Waals surface area contributed by atoms with Crippen LogP contribution in [0.1, 0.15) is 36.3 Å². The Hall–Kier alpha value is -2.82. The van der Waals surface area contributed by atoms with Crippen molar-refractivity contribution in [3.05, 3.63) is 65.6 Å². The van der Waals surface area contributed by atoms with Crippen LogP contribution in [0, 0.1) is 5.92 Å². The van der Waals surface area contributed by atoms with Gasteiger partial charge in [0.2, 0.25) is 5.91 Å². The van der Waals surface area contributed by atoms with Crippen LogP contribution >= 0.6 is 0 Å². The van der Waals surface area contributed by atoms with Gasteiger partial charge in [-0.05, 0) is 36.1 Å². The van der Waals surface area contributed by atoms with E-state index in [-0.39, 0.29) is 12.3 Å². The molecule has 2 N–H and O–H groups in total. The topological polar surface area (TPSA) is 71.3 Å². The van der Waals surface area contributed by atoms with Gasteiger partial charge >= 0.3 is 0 Å². The molecule has 1 aromatic heterocycles. The third kappa shape index (κ3) is 4.35. The summed E-state index contributed by atoms with van der Waals surface area (Å²) in [6.07, 6.45) is 4.30. The first-order chi connectivity index (χ1) is 11.6. The number of hydrogen-bond donors (Lipinski definition) is 2. The Balaban J connectivity index is 1.43. The van der Waals surface area contributed by atoms with E-state index in [4.69, 9.17) is 4.42 Å². The van der Waals surface area contributed by atoms with Crippen molar-refractivity contribution in [2.75, 3.05) is 0 Å². The molecule has 2 atom stereocenters. The van der Waals surface area contributed by atoms with Gasteiger partial charge in [0.1, 0.15) is 11.5 Å². The average Bonchev–Trinajstić information content (AvgIpc) is 3.12. The lowest BCUT2D eigenvalue weighted by Crippen LogP contribution is -2.41. The molecule has 0 radical (unpaired) electrons. The third-order valence-electron chi connectivity index (χ3n) is 4.05. The fourth-order valence-electron chi connectivity index (χ4n) is 2.53. The van der Waals surface area contributed by atoms with Crippen molar-refractivity contribution in [3.8, 4) is 0 Å². The van der Waals surface area contributed by atoms with Crippen LogP contribution < -0.4 is 10.9 Å². The van der Waals surface area contributed by atoms with E-state index in [1.807, 2.05) is 42.5 Å². The zero-order chi connectivity index (χ0) is 16.9. The van der Waals surface area contributed by atoms with Gasteiger partial charge in [0.25, 0.3) is 5.91 Å². The SMILES string of the molecule is CC1CC1c1ccc(C=CC(=O)NNC(=O)Cc2ccccc2)o1. The quantitative estimate of drug-likeness (QED) is 0.656. The van der Waals surface area contributed by atoms with E-state index < -0.39 is 5.91 Å². The minimum atomic E-state index is -0.408. The summed E-state index contributed by atoms with van der Waals surface area (Å²) in [5, 5.41) is 0. The van der Waals surface area contributed by atoms with Crippen LogP contribution in [0.25, 0.3) is 6.08 Å². The molecular formula is C19H20N2O3. The van der Waals surface area contributed by atoms with E-state index in [1.165, 1.54) is 6.08 Å². The van der Waals surface area contributed by atoms with Gasteiger partial charge in [-0.1, -0.05) is 37.3 Å². The molecule has 1 aliphatic rings. The number of amides is 2. The largest absolute Gasteiger partial charge is 0.461 e.